The molecule has 2 rings (SSSR count). The quantitative estimate of drug-likeness (QED) is 0.363. The lowest BCUT2D eigenvalue weighted by Crippen LogP contribution is -2.49. The number of azide groups is 1. The summed E-state index contributed by atoms with van der Waals surface area (Å²) in [5.41, 5.74) is 9.50. The second-order valence-corrected chi connectivity index (χ2v) is 7.24. The van der Waals surface area contributed by atoms with E-state index in [0.29, 0.717) is 38.4 Å². The molecule has 10 heteroatoms. The summed E-state index contributed by atoms with van der Waals surface area (Å²) in [6.07, 6.45) is -0.312. The highest BCUT2D eigenvalue weighted by atomic mass is 16.6. The molecule has 1 aliphatic heterocycles. The Morgan fingerprint density at radius 3 is 2.46 bits per heavy atom. The number of piperazine rings is 1. The molecular formula is C16H24BN5O4. The lowest BCUT2D eigenvalue weighted by atomic mass is 9.79. The fourth-order valence-electron chi connectivity index (χ4n) is 2.72. The van der Waals surface area contributed by atoms with E-state index in [1.165, 1.54) is 6.07 Å². The van der Waals surface area contributed by atoms with Crippen molar-refractivity contribution in [3.05, 3.63) is 34.2 Å². The molecule has 140 valence electrons. The minimum atomic E-state index is -1.63. The first-order valence-corrected chi connectivity index (χ1v) is 8.43. The maximum atomic E-state index is 12.1. The highest BCUT2D eigenvalue weighted by Crippen LogP contribution is 2.17. The zero-order valence-electron chi connectivity index (χ0n) is 15.3. The Labute approximate surface area is 152 Å². The normalized spacial score (nSPS) is 15.3. The molecule has 0 aromatic heterocycles. The highest BCUT2D eigenvalue weighted by Gasteiger charge is 2.26. The predicted octanol–water partition coefficient (Wildman–Crippen LogP) is 1.36. The summed E-state index contributed by atoms with van der Waals surface area (Å²) in [5, 5.41) is 22.3. The number of nitrogens with zero attached hydrogens (tertiary/aromatic N) is 5. The van der Waals surface area contributed by atoms with Crippen molar-refractivity contribution < 1.29 is 19.6 Å². The molecule has 1 aromatic rings. The SMILES string of the molecule is CC(C)(C)OC(=O)N1CCN(Cc2cc(N=[N+]=[N-])cc(B(O)O)c2)CC1. The molecule has 0 atom stereocenters. The fourth-order valence-corrected chi connectivity index (χ4v) is 2.72. The summed E-state index contributed by atoms with van der Waals surface area (Å²) in [7, 11) is -1.63. The van der Waals surface area contributed by atoms with Crippen molar-refractivity contribution in [1.82, 2.24) is 9.80 Å². The van der Waals surface area contributed by atoms with Crippen LogP contribution in [0.1, 0.15) is 26.3 Å². The Hall–Kier alpha value is -2.26. The van der Waals surface area contributed by atoms with Crippen molar-refractivity contribution in [2.75, 3.05) is 26.2 Å². The molecule has 1 heterocycles. The van der Waals surface area contributed by atoms with Crippen LogP contribution in [0.25, 0.3) is 10.4 Å². The number of carbonyl (C=O) groups excluding carboxylic acids is 1. The summed E-state index contributed by atoms with van der Waals surface area (Å²) in [5.74, 6) is 0. The van der Waals surface area contributed by atoms with Gasteiger partial charge in [0.25, 0.3) is 0 Å². The molecule has 0 radical (unpaired) electrons. The van der Waals surface area contributed by atoms with E-state index < -0.39 is 12.7 Å². The van der Waals surface area contributed by atoms with Gasteiger partial charge in [-0.3, -0.25) is 4.90 Å². The lowest BCUT2D eigenvalue weighted by molar-refractivity contribution is 0.0139. The van der Waals surface area contributed by atoms with Crippen LogP contribution >= 0.6 is 0 Å². The molecule has 0 spiro atoms. The smallest absolute Gasteiger partial charge is 0.444 e. The molecule has 0 aliphatic carbocycles. The van der Waals surface area contributed by atoms with Crippen LogP contribution in [0.2, 0.25) is 0 Å². The molecule has 26 heavy (non-hydrogen) atoms. The first-order chi connectivity index (χ1) is 12.2. The van der Waals surface area contributed by atoms with Crippen molar-refractivity contribution in [1.29, 1.82) is 0 Å². The standard InChI is InChI=1S/C16H24BN5O4/c1-16(2,3)26-15(23)22-6-4-21(5-7-22)11-12-8-13(17(24)25)10-14(9-12)19-20-18/h8-10,24-25H,4-7,11H2,1-3H3. The Bertz CT molecular complexity index is 692. The number of carbonyl (C=O) groups is 1. The monoisotopic (exact) mass is 361 g/mol. The van der Waals surface area contributed by atoms with Gasteiger partial charge >= 0.3 is 13.2 Å². The third-order valence-corrected chi connectivity index (χ3v) is 3.89. The van der Waals surface area contributed by atoms with E-state index in [4.69, 9.17) is 10.3 Å². The average molecular weight is 361 g/mol. The van der Waals surface area contributed by atoms with E-state index in [2.05, 4.69) is 14.9 Å². The largest absolute Gasteiger partial charge is 0.488 e. The van der Waals surface area contributed by atoms with Crippen LogP contribution in [-0.4, -0.2) is 64.8 Å². The molecule has 1 aliphatic rings. The summed E-state index contributed by atoms with van der Waals surface area (Å²) >= 11 is 0. The second kappa shape index (κ2) is 8.42. The molecule has 0 saturated carbocycles. The van der Waals surface area contributed by atoms with Crippen molar-refractivity contribution in [2.24, 2.45) is 5.11 Å². The predicted molar refractivity (Wildman–Crippen MR) is 98.2 cm³/mol. The molecule has 9 nitrogen and oxygen atoms in total. The van der Waals surface area contributed by atoms with Gasteiger partial charge in [-0.05, 0) is 43.4 Å². The van der Waals surface area contributed by atoms with Gasteiger partial charge in [-0.2, -0.15) is 0 Å². The summed E-state index contributed by atoms with van der Waals surface area (Å²) in [6, 6.07) is 4.82. The maximum Gasteiger partial charge on any atom is 0.488 e. The van der Waals surface area contributed by atoms with E-state index in [1.807, 2.05) is 20.8 Å². The maximum absolute atomic E-state index is 12.1. The summed E-state index contributed by atoms with van der Waals surface area (Å²) in [6.45, 7) is 8.52. The zero-order chi connectivity index (χ0) is 19.3. The van der Waals surface area contributed by atoms with Gasteiger partial charge in [0.1, 0.15) is 5.60 Å². The van der Waals surface area contributed by atoms with E-state index in [1.54, 1.807) is 17.0 Å². The number of hydrogen-bond acceptors (Lipinski definition) is 6. The molecule has 0 bridgehead atoms. The Balaban J connectivity index is 1.99. The average Bonchev–Trinajstić information content (AvgIpc) is 2.54. The van der Waals surface area contributed by atoms with E-state index in [-0.39, 0.29) is 11.6 Å². The third-order valence-electron chi connectivity index (χ3n) is 3.89. The van der Waals surface area contributed by atoms with Crippen molar-refractivity contribution in [2.45, 2.75) is 32.9 Å². The van der Waals surface area contributed by atoms with E-state index in [9.17, 15) is 14.8 Å². The van der Waals surface area contributed by atoms with Gasteiger partial charge in [0.2, 0.25) is 0 Å². The molecule has 2 N–H and O–H groups in total. The zero-order valence-corrected chi connectivity index (χ0v) is 15.3. The van der Waals surface area contributed by atoms with Gasteiger partial charge in [0.15, 0.2) is 0 Å². The summed E-state index contributed by atoms with van der Waals surface area (Å²) in [4.78, 5) is 18.7. The van der Waals surface area contributed by atoms with Crippen LogP contribution in [-0.2, 0) is 11.3 Å². The van der Waals surface area contributed by atoms with Crippen molar-refractivity contribution >= 4 is 24.4 Å². The Morgan fingerprint density at radius 1 is 1.27 bits per heavy atom. The van der Waals surface area contributed by atoms with Crippen LogP contribution in [0.15, 0.2) is 23.3 Å². The number of benzene rings is 1. The minimum Gasteiger partial charge on any atom is -0.444 e. The van der Waals surface area contributed by atoms with Crippen molar-refractivity contribution in [3.63, 3.8) is 0 Å². The van der Waals surface area contributed by atoms with Gasteiger partial charge < -0.3 is 19.7 Å². The first kappa shape index (κ1) is 20.1. The van der Waals surface area contributed by atoms with Crippen molar-refractivity contribution in [3.8, 4) is 0 Å². The molecule has 1 aromatic carbocycles. The highest BCUT2D eigenvalue weighted by molar-refractivity contribution is 6.58. The van der Waals surface area contributed by atoms with Gasteiger partial charge in [-0.1, -0.05) is 17.2 Å². The Kier molecular flexibility index (Phi) is 6.49. The van der Waals surface area contributed by atoms with E-state index in [0.717, 1.165) is 5.56 Å². The number of rotatable bonds is 4. The summed E-state index contributed by atoms with van der Waals surface area (Å²) < 4.78 is 5.38. The number of hydrogen-bond donors (Lipinski definition) is 2. The van der Waals surface area contributed by atoms with Crippen LogP contribution in [0.3, 0.4) is 0 Å². The van der Waals surface area contributed by atoms with Crippen LogP contribution < -0.4 is 5.46 Å². The van der Waals surface area contributed by atoms with Crippen LogP contribution in [0.5, 0.6) is 0 Å². The number of ether oxygens (including phenoxy) is 1. The molecule has 1 amide bonds. The lowest BCUT2D eigenvalue weighted by Gasteiger charge is -2.35. The van der Waals surface area contributed by atoms with Gasteiger partial charge in [0, 0.05) is 43.3 Å². The topological polar surface area (TPSA) is 122 Å². The molecule has 1 saturated heterocycles. The molecule has 0 unspecified atom stereocenters. The molecule has 1 fully saturated rings. The minimum absolute atomic E-state index is 0.275. The molecular weight excluding hydrogens is 337 g/mol. The number of amides is 1. The van der Waals surface area contributed by atoms with Crippen LogP contribution in [0.4, 0.5) is 10.5 Å². The van der Waals surface area contributed by atoms with E-state index >= 15 is 0 Å². The fraction of sp³-hybridized carbons (Fsp3) is 0.562. The Morgan fingerprint density at radius 2 is 1.92 bits per heavy atom. The second-order valence-electron chi connectivity index (χ2n) is 7.24. The third kappa shape index (κ3) is 5.92. The van der Waals surface area contributed by atoms with Gasteiger partial charge in [0.05, 0.1) is 0 Å². The first-order valence-electron chi connectivity index (χ1n) is 8.43. The van der Waals surface area contributed by atoms with Gasteiger partial charge in [-0.25, -0.2) is 4.79 Å². The van der Waals surface area contributed by atoms with Crippen LogP contribution in [0, 0.1) is 0 Å². The van der Waals surface area contributed by atoms with Gasteiger partial charge in [-0.15, -0.1) is 0 Å².